The number of hydrogen-bond acceptors (Lipinski definition) is 7. The van der Waals surface area contributed by atoms with E-state index >= 15 is 0 Å². The zero-order chi connectivity index (χ0) is 26.7. The molecular formula is C26H37N5O5S. The fourth-order valence-corrected chi connectivity index (χ4v) is 6.57. The van der Waals surface area contributed by atoms with E-state index in [-0.39, 0.29) is 29.7 Å². The largest absolute Gasteiger partial charge is 0.466 e. The lowest BCUT2D eigenvalue weighted by Crippen LogP contribution is -2.49. The van der Waals surface area contributed by atoms with Crippen LogP contribution in [0.5, 0.6) is 0 Å². The van der Waals surface area contributed by atoms with Gasteiger partial charge in [-0.15, -0.1) is 0 Å². The van der Waals surface area contributed by atoms with E-state index in [4.69, 9.17) is 4.74 Å². The topological polar surface area (TPSA) is 105 Å². The van der Waals surface area contributed by atoms with Gasteiger partial charge in [0.05, 0.1) is 18.1 Å². The van der Waals surface area contributed by atoms with Gasteiger partial charge in [-0.2, -0.15) is 9.40 Å². The second kappa shape index (κ2) is 11.2. The van der Waals surface area contributed by atoms with Crippen molar-refractivity contribution in [3.8, 4) is 0 Å². The molecule has 1 amide bonds. The van der Waals surface area contributed by atoms with Crippen LogP contribution in [0, 0.1) is 19.8 Å². The molecule has 2 fully saturated rings. The number of piperazine rings is 1. The number of hydrogen-bond donors (Lipinski definition) is 0. The van der Waals surface area contributed by atoms with E-state index in [2.05, 4.69) is 36.0 Å². The van der Waals surface area contributed by atoms with Gasteiger partial charge in [0, 0.05) is 57.7 Å². The lowest BCUT2D eigenvalue weighted by molar-refractivity contribution is -0.149. The van der Waals surface area contributed by atoms with Crippen molar-refractivity contribution in [1.29, 1.82) is 0 Å². The summed E-state index contributed by atoms with van der Waals surface area (Å²) in [6, 6.07) is 6.15. The molecule has 1 atom stereocenters. The first kappa shape index (κ1) is 27.1. The van der Waals surface area contributed by atoms with Crippen LogP contribution in [0.4, 0.5) is 5.69 Å². The van der Waals surface area contributed by atoms with Crippen LogP contribution in [-0.2, 0) is 26.1 Å². The normalized spacial score (nSPS) is 19.2. The molecule has 2 aliphatic rings. The summed E-state index contributed by atoms with van der Waals surface area (Å²) in [4.78, 5) is 29.6. The van der Waals surface area contributed by atoms with Gasteiger partial charge in [0.25, 0.3) is 15.9 Å². The summed E-state index contributed by atoms with van der Waals surface area (Å²) in [5.41, 5.74) is 3.56. The minimum Gasteiger partial charge on any atom is -0.466 e. The molecule has 0 bridgehead atoms. The third kappa shape index (κ3) is 5.52. The monoisotopic (exact) mass is 531 g/mol. The number of ether oxygens (including phenoxy) is 1. The predicted molar refractivity (Wildman–Crippen MR) is 140 cm³/mol. The van der Waals surface area contributed by atoms with Gasteiger partial charge in [0.1, 0.15) is 0 Å². The van der Waals surface area contributed by atoms with Crippen molar-refractivity contribution in [1.82, 2.24) is 19.0 Å². The second-order valence-corrected chi connectivity index (χ2v) is 11.5. The van der Waals surface area contributed by atoms with Gasteiger partial charge >= 0.3 is 5.97 Å². The average Bonchev–Trinajstić information content (AvgIpc) is 3.36. The maximum atomic E-state index is 13.7. The van der Waals surface area contributed by atoms with Crippen LogP contribution < -0.4 is 4.90 Å². The van der Waals surface area contributed by atoms with E-state index in [1.54, 1.807) is 11.8 Å². The SMILES string of the molecule is CCOC(=O)[C@@H]1CCCN(C(=O)c2cn(CC)nc2S(=O)(=O)N2CCN(c3cccc(C)c3C)CC2)C1. The third-order valence-corrected chi connectivity index (χ3v) is 9.19. The summed E-state index contributed by atoms with van der Waals surface area (Å²) in [6.07, 6.45) is 2.81. The lowest BCUT2D eigenvalue weighted by atomic mass is 9.98. The molecular weight excluding hydrogens is 494 g/mol. The Kier molecular flexibility index (Phi) is 8.23. The van der Waals surface area contributed by atoms with E-state index in [0.29, 0.717) is 52.1 Å². The van der Waals surface area contributed by atoms with Gasteiger partial charge in [-0.1, -0.05) is 12.1 Å². The molecule has 1 aromatic heterocycles. The number of carbonyl (C=O) groups is 2. The van der Waals surface area contributed by atoms with Crippen LogP contribution >= 0.6 is 0 Å². The highest BCUT2D eigenvalue weighted by molar-refractivity contribution is 7.89. The fourth-order valence-electron chi connectivity index (χ4n) is 5.06. The third-order valence-electron chi connectivity index (χ3n) is 7.35. The number of piperidine rings is 1. The van der Waals surface area contributed by atoms with E-state index < -0.39 is 21.8 Å². The minimum absolute atomic E-state index is 0.0586. The number of esters is 1. The van der Waals surface area contributed by atoms with E-state index in [1.807, 2.05) is 13.0 Å². The van der Waals surface area contributed by atoms with Crippen molar-refractivity contribution in [2.24, 2.45) is 5.92 Å². The number of sulfonamides is 1. The van der Waals surface area contributed by atoms with Crippen LogP contribution in [0.3, 0.4) is 0 Å². The fraction of sp³-hybridized carbons (Fsp3) is 0.577. The van der Waals surface area contributed by atoms with Crippen molar-refractivity contribution in [3.05, 3.63) is 41.1 Å². The van der Waals surface area contributed by atoms with Gasteiger partial charge in [-0.05, 0) is 57.7 Å². The molecule has 3 heterocycles. The first-order valence-electron chi connectivity index (χ1n) is 13.0. The zero-order valence-electron chi connectivity index (χ0n) is 22.1. The van der Waals surface area contributed by atoms with E-state index in [1.165, 1.54) is 26.3 Å². The number of anilines is 1. The van der Waals surface area contributed by atoms with Gasteiger partial charge in [-0.25, -0.2) is 8.42 Å². The molecule has 0 N–H and O–H groups in total. The quantitative estimate of drug-likeness (QED) is 0.506. The highest BCUT2D eigenvalue weighted by Crippen LogP contribution is 2.28. The van der Waals surface area contributed by atoms with E-state index in [9.17, 15) is 18.0 Å². The van der Waals surface area contributed by atoms with Crippen molar-refractivity contribution in [3.63, 3.8) is 0 Å². The number of nitrogens with zero attached hydrogens (tertiary/aromatic N) is 5. The summed E-state index contributed by atoms with van der Waals surface area (Å²) >= 11 is 0. The van der Waals surface area contributed by atoms with Crippen molar-refractivity contribution in [2.75, 3.05) is 50.8 Å². The van der Waals surface area contributed by atoms with Crippen molar-refractivity contribution < 1.29 is 22.7 Å². The van der Waals surface area contributed by atoms with Crippen molar-refractivity contribution in [2.45, 2.75) is 52.1 Å². The Hall–Kier alpha value is -2.92. The van der Waals surface area contributed by atoms with Crippen LogP contribution in [0.15, 0.2) is 29.4 Å². The number of carbonyl (C=O) groups excluding carboxylic acids is 2. The molecule has 0 radical (unpaired) electrons. The van der Waals surface area contributed by atoms with Gasteiger partial charge in [0.15, 0.2) is 0 Å². The first-order valence-corrected chi connectivity index (χ1v) is 14.5. The summed E-state index contributed by atoms with van der Waals surface area (Å²) in [7, 11) is -3.99. The van der Waals surface area contributed by atoms with Crippen LogP contribution in [0.25, 0.3) is 0 Å². The maximum absolute atomic E-state index is 13.7. The highest BCUT2D eigenvalue weighted by atomic mass is 32.2. The number of amides is 1. The summed E-state index contributed by atoms with van der Waals surface area (Å²) in [5.74, 6) is -1.14. The molecule has 2 saturated heterocycles. The van der Waals surface area contributed by atoms with Gasteiger partial charge < -0.3 is 14.5 Å². The molecule has 37 heavy (non-hydrogen) atoms. The maximum Gasteiger partial charge on any atom is 0.310 e. The highest BCUT2D eigenvalue weighted by Gasteiger charge is 2.37. The van der Waals surface area contributed by atoms with Gasteiger partial charge in [0.2, 0.25) is 5.03 Å². The molecule has 0 aliphatic carbocycles. The number of benzene rings is 1. The molecule has 0 spiro atoms. The zero-order valence-corrected chi connectivity index (χ0v) is 23.0. The Morgan fingerprint density at radius 1 is 1.08 bits per heavy atom. The molecule has 1 aromatic carbocycles. The second-order valence-electron chi connectivity index (χ2n) is 9.66. The number of aryl methyl sites for hydroxylation is 2. The van der Waals surface area contributed by atoms with Crippen LogP contribution in [-0.4, -0.2) is 85.2 Å². The Morgan fingerprint density at radius 2 is 1.81 bits per heavy atom. The number of rotatable bonds is 7. The molecule has 10 nitrogen and oxygen atoms in total. The average molecular weight is 532 g/mol. The smallest absolute Gasteiger partial charge is 0.310 e. The molecule has 11 heteroatoms. The molecule has 0 unspecified atom stereocenters. The summed E-state index contributed by atoms with van der Waals surface area (Å²) in [6.45, 7) is 10.8. The van der Waals surface area contributed by atoms with Crippen LogP contribution in [0.2, 0.25) is 0 Å². The summed E-state index contributed by atoms with van der Waals surface area (Å²) < 4.78 is 35.5. The Morgan fingerprint density at radius 3 is 2.49 bits per heavy atom. The minimum atomic E-state index is -3.99. The summed E-state index contributed by atoms with van der Waals surface area (Å²) in [5, 5.41) is 4.10. The molecule has 4 rings (SSSR count). The van der Waals surface area contributed by atoms with Crippen LogP contribution in [0.1, 0.15) is 48.2 Å². The first-order chi connectivity index (χ1) is 17.7. The Bertz CT molecular complexity index is 1250. The van der Waals surface area contributed by atoms with E-state index in [0.717, 1.165) is 5.69 Å². The predicted octanol–water partition coefficient (Wildman–Crippen LogP) is 2.45. The Labute approximate surface area is 219 Å². The Balaban J connectivity index is 1.53. The molecule has 0 saturated carbocycles. The standard InChI is InChI=1S/C26H37N5O5S/c1-5-30-18-22(25(32)29-12-8-10-21(17-29)26(33)36-6-2)24(27-30)37(34,35)31-15-13-28(14-16-31)23-11-7-9-19(3)20(23)4/h7,9,11,18,21H,5-6,8,10,12-17H2,1-4H3/t21-/m1/s1. The number of aromatic nitrogens is 2. The van der Waals surface area contributed by atoms with Crippen molar-refractivity contribution >= 4 is 27.6 Å². The molecule has 2 aromatic rings. The lowest BCUT2D eigenvalue weighted by Gasteiger charge is -2.36. The number of likely N-dealkylation sites (tertiary alicyclic amines) is 1. The molecule has 2 aliphatic heterocycles. The van der Waals surface area contributed by atoms with Gasteiger partial charge in [-0.3, -0.25) is 14.3 Å². The molecule has 202 valence electrons.